The number of carbonyl (C=O) groups is 1. The molecule has 1 amide bonds. The van der Waals surface area contributed by atoms with Crippen LogP contribution in [-0.4, -0.2) is 42.5 Å². The maximum absolute atomic E-state index is 13.2. The van der Waals surface area contributed by atoms with Gasteiger partial charge in [0.25, 0.3) is 0 Å². The minimum absolute atomic E-state index is 0.0134. The largest absolute Gasteiger partial charge is 0.493 e. The summed E-state index contributed by atoms with van der Waals surface area (Å²) in [5, 5.41) is 0. The summed E-state index contributed by atoms with van der Waals surface area (Å²) in [7, 11) is 3.28. The Morgan fingerprint density at radius 3 is 2.52 bits per heavy atom. The lowest BCUT2D eigenvalue weighted by Gasteiger charge is -2.34. The third kappa shape index (κ3) is 3.28. The van der Waals surface area contributed by atoms with Crippen LogP contribution >= 0.6 is 0 Å². The number of methoxy groups -OCH3 is 2. The van der Waals surface area contributed by atoms with Crippen molar-refractivity contribution in [3.8, 4) is 11.5 Å². The Bertz CT molecular complexity index is 808. The molecule has 2 saturated heterocycles. The SMILES string of the molecule is COc1ccc(C2N(Cc3ccccc3)C(=O)C3CCCCN32)cc1OC. The molecule has 5 heteroatoms. The lowest BCUT2D eigenvalue weighted by molar-refractivity contribution is -0.131. The van der Waals surface area contributed by atoms with E-state index in [1.54, 1.807) is 14.2 Å². The molecule has 0 bridgehead atoms. The molecule has 27 heavy (non-hydrogen) atoms. The number of rotatable bonds is 5. The maximum Gasteiger partial charge on any atom is 0.241 e. The fraction of sp³-hybridized carbons (Fsp3) is 0.409. The van der Waals surface area contributed by atoms with Gasteiger partial charge in [0.15, 0.2) is 11.5 Å². The van der Waals surface area contributed by atoms with Crippen molar-refractivity contribution in [3.05, 3.63) is 59.7 Å². The van der Waals surface area contributed by atoms with Crippen molar-refractivity contribution in [2.45, 2.75) is 38.0 Å². The van der Waals surface area contributed by atoms with Crippen molar-refractivity contribution in [3.63, 3.8) is 0 Å². The highest BCUT2D eigenvalue weighted by molar-refractivity contribution is 5.84. The second kappa shape index (κ2) is 7.61. The molecule has 2 fully saturated rings. The zero-order valence-electron chi connectivity index (χ0n) is 15.9. The van der Waals surface area contributed by atoms with Crippen LogP contribution in [0, 0.1) is 0 Å². The zero-order valence-corrected chi connectivity index (χ0v) is 15.9. The van der Waals surface area contributed by atoms with Gasteiger partial charge in [-0.25, -0.2) is 0 Å². The van der Waals surface area contributed by atoms with Crippen LogP contribution in [0.25, 0.3) is 0 Å². The summed E-state index contributed by atoms with van der Waals surface area (Å²) in [4.78, 5) is 17.6. The van der Waals surface area contributed by atoms with Crippen molar-refractivity contribution in [1.29, 1.82) is 0 Å². The second-order valence-corrected chi connectivity index (χ2v) is 7.19. The predicted octanol–water partition coefficient (Wildman–Crippen LogP) is 3.60. The molecule has 2 aromatic rings. The molecule has 0 radical (unpaired) electrons. The highest BCUT2D eigenvalue weighted by atomic mass is 16.5. The van der Waals surface area contributed by atoms with Gasteiger partial charge in [-0.3, -0.25) is 9.69 Å². The average molecular weight is 366 g/mol. The summed E-state index contributed by atoms with van der Waals surface area (Å²) in [6.45, 7) is 1.56. The molecule has 5 nitrogen and oxygen atoms in total. The van der Waals surface area contributed by atoms with Crippen molar-refractivity contribution >= 4 is 5.91 Å². The van der Waals surface area contributed by atoms with Crippen LogP contribution in [0.5, 0.6) is 11.5 Å². The van der Waals surface area contributed by atoms with Crippen molar-refractivity contribution in [2.24, 2.45) is 0 Å². The van der Waals surface area contributed by atoms with Crippen LogP contribution in [0.15, 0.2) is 48.5 Å². The van der Waals surface area contributed by atoms with Gasteiger partial charge in [-0.2, -0.15) is 0 Å². The standard InChI is InChI=1S/C22H26N2O3/c1-26-19-12-11-17(14-20(19)27-2)21-23-13-7-6-10-18(23)22(25)24(21)15-16-8-4-3-5-9-16/h3-5,8-9,11-12,14,18,21H,6-7,10,13,15H2,1-2H3. The number of fused-ring (bicyclic) bond motifs is 1. The molecular formula is C22H26N2O3. The van der Waals surface area contributed by atoms with E-state index in [4.69, 9.17) is 9.47 Å². The van der Waals surface area contributed by atoms with Gasteiger partial charge in [0.1, 0.15) is 6.17 Å². The molecular weight excluding hydrogens is 340 g/mol. The number of carbonyl (C=O) groups excluding carboxylic acids is 1. The first kappa shape index (κ1) is 17.9. The minimum atomic E-state index is -0.0668. The van der Waals surface area contributed by atoms with E-state index in [-0.39, 0.29) is 18.1 Å². The quantitative estimate of drug-likeness (QED) is 0.811. The molecule has 0 aromatic heterocycles. The molecule has 142 valence electrons. The summed E-state index contributed by atoms with van der Waals surface area (Å²) in [5.41, 5.74) is 2.22. The van der Waals surface area contributed by atoms with Crippen LogP contribution < -0.4 is 9.47 Å². The molecule has 2 aromatic carbocycles. The third-order valence-electron chi connectivity index (χ3n) is 5.62. The number of piperidine rings is 1. The van der Waals surface area contributed by atoms with Crippen LogP contribution in [0.1, 0.15) is 36.6 Å². The van der Waals surface area contributed by atoms with Crippen LogP contribution in [0.4, 0.5) is 0 Å². The number of benzene rings is 2. The van der Waals surface area contributed by atoms with Crippen LogP contribution in [-0.2, 0) is 11.3 Å². The molecule has 0 spiro atoms. The van der Waals surface area contributed by atoms with Crippen LogP contribution in [0.3, 0.4) is 0 Å². The number of hydrogen-bond donors (Lipinski definition) is 0. The Morgan fingerprint density at radius 1 is 1.00 bits per heavy atom. The Labute approximate surface area is 160 Å². The first-order chi connectivity index (χ1) is 13.2. The third-order valence-corrected chi connectivity index (χ3v) is 5.62. The van der Waals surface area contributed by atoms with Gasteiger partial charge >= 0.3 is 0 Å². The topological polar surface area (TPSA) is 42.0 Å². The van der Waals surface area contributed by atoms with E-state index < -0.39 is 0 Å². The van der Waals surface area contributed by atoms with Crippen molar-refractivity contribution < 1.29 is 14.3 Å². The number of hydrogen-bond acceptors (Lipinski definition) is 4. The van der Waals surface area contributed by atoms with Crippen molar-refractivity contribution in [1.82, 2.24) is 9.80 Å². The number of nitrogens with zero attached hydrogens (tertiary/aromatic N) is 2. The fourth-order valence-electron chi connectivity index (χ4n) is 4.33. The lowest BCUT2D eigenvalue weighted by atomic mass is 10.0. The second-order valence-electron chi connectivity index (χ2n) is 7.19. The smallest absolute Gasteiger partial charge is 0.241 e. The Hall–Kier alpha value is -2.53. The monoisotopic (exact) mass is 366 g/mol. The van der Waals surface area contributed by atoms with E-state index in [2.05, 4.69) is 17.0 Å². The Balaban J connectivity index is 1.72. The summed E-state index contributed by atoms with van der Waals surface area (Å²) in [6, 6.07) is 16.2. The van der Waals surface area contributed by atoms with Crippen molar-refractivity contribution in [2.75, 3.05) is 20.8 Å². The Kier molecular flexibility index (Phi) is 5.03. The number of ether oxygens (including phenoxy) is 2. The highest BCUT2D eigenvalue weighted by Gasteiger charge is 2.47. The Morgan fingerprint density at radius 2 is 1.78 bits per heavy atom. The molecule has 2 heterocycles. The molecule has 2 unspecified atom stereocenters. The first-order valence-electron chi connectivity index (χ1n) is 9.55. The zero-order chi connectivity index (χ0) is 18.8. The van der Waals surface area contributed by atoms with E-state index >= 15 is 0 Å². The van der Waals surface area contributed by atoms with E-state index in [1.165, 1.54) is 0 Å². The number of amides is 1. The molecule has 4 rings (SSSR count). The van der Waals surface area contributed by atoms with Gasteiger partial charge in [0, 0.05) is 13.1 Å². The van der Waals surface area contributed by atoms with Gasteiger partial charge in [-0.05, 0) is 36.1 Å². The van der Waals surface area contributed by atoms with E-state index in [0.717, 1.165) is 36.9 Å². The van der Waals surface area contributed by atoms with Gasteiger partial charge in [0.05, 0.1) is 20.3 Å². The maximum atomic E-state index is 13.2. The van der Waals surface area contributed by atoms with Gasteiger partial charge in [-0.15, -0.1) is 0 Å². The minimum Gasteiger partial charge on any atom is -0.493 e. The molecule has 0 aliphatic carbocycles. The normalized spacial score (nSPS) is 22.6. The van der Waals surface area contributed by atoms with Gasteiger partial charge < -0.3 is 14.4 Å². The predicted molar refractivity (Wildman–Crippen MR) is 104 cm³/mol. The molecule has 2 aliphatic heterocycles. The summed E-state index contributed by atoms with van der Waals surface area (Å²) < 4.78 is 10.9. The van der Waals surface area contributed by atoms with E-state index in [0.29, 0.717) is 18.0 Å². The molecule has 2 aliphatic rings. The van der Waals surface area contributed by atoms with E-state index in [1.807, 2.05) is 41.3 Å². The van der Waals surface area contributed by atoms with E-state index in [9.17, 15) is 4.79 Å². The molecule has 0 N–H and O–H groups in total. The van der Waals surface area contributed by atoms with Crippen LogP contribution in [0.2, 0.25) is 0 Å². The molecule has 2 atom stereocenters. The lowest BCUT2D eigenvalue weighted by Crippen LogP contribution is -2.38. The van der Waals surface area contributed by atoms with Gasteiger partial charge in [0.2, 0.25) is 5.91 Å². The summed E-state index contributed by atoms with van der Waals surface area (Å²) in [6.07, 6.45) is 3.12. The van der Waals surface area contributed by atoms with Gasteiger partial charge in [-0.1, -0.05) is 42.8 Å². The fourth-order valence-corrected chi connectivity index (χ4v) is 4.33. The summed E-state index contributed by atoms with van der Waals surface area (Å²) in [5.74, 6) is 1.64. The average Bonchev–Trinajstić information content (AvgIpc) is 3.00. The first-order valence-corrected chi connectivity index (χ1v) is 9.55. The highest BCUT2D eigenvalue weighted by Crippen LogP contribution is 2.41. The molecule has 0 saturated carbocycles. The summed E-state index contributed by atoms with van der Waals surface area (Å²) >= 11 is 0.